The molecule has 21 nitrogen and oxygen atoms in total. The standard InChI is InChI=1S/C52H69FN10O11S2/c1-29(53)45(67)57-38(22-32-14-6-4-7-15-32)48(70)61-42-27-75-76-28-43(51(73)60-41(26-64)30(2)65)62-52(74)44(31(3)66)63-46(68)37(20-12-13-21-54)56-49(71)40(24-34-25-55-36-19-11-10-18-35(34)36)59-47(69)39(58-50(42)72)23-33-16-8-5-9-17-33/h4-11,14-19,25,29-31,37-44,55,64-66H,12-13,20-24,26-28,54H2,1-3H3,(H,56,71)(H,57,67)(H,58,72)(H,59,69)(H,60,73)(H,61,70)(H,62,74)(H,63,68)/t29?,30?,31-,37+,38-,39+,40?,41?,42?,43?,44+/m1/s1. The van der Waals surface area contributed by atoms with Crippen LogP contribution in [0.15, 0.2) is 91.1 Å². The highest BCUT2D eigenvalue weighted by molar-refractivity contribution is 8.76. The topological polar surface area (TPSA) is 335 Å². The van der Waals surface area contributed by atoms with Crippen molar-refractivity contribution < 1.29 is 58.1 Å². The normalized spacial score (nSPS) is 22.4. The first-order chi connectivity index (χ1) is 36.4. The number of benzene rings is 3. The second-order valence-corrected chi connectivity index (χ2v) is 21.1. The third-order valence-corrected chi connectivity index (χ3v) is 14.9. The van der Waals surface area contributed by atoms with Gasteiger partial charge in [-0.3, -0.25) is 38.4 Å². The highest BCUT2D eigenvalue weighted by Gasteiger charge is 2.37. The van der Waals surface area contributed by atoms with Crippen molar-refractivity contribution in [1.82, 2.24) is 47.5 Å². The average molecular weight is 1090 g/mol. The number of nitrogens with two attached hydrogens (primary N) is 1. The number of carbonyl (C=O) groups excluding carboxylic acids is 8. The van der Waals surface area contributed by atoms with E-state index in [4.69, 9.17) is 5.73 Å². The number of halogens is 1. The first kappa shape index (κ1) is 60.3. The van der Waals surface area contributed by atoms with Crippen LogP contribution in [0.5, 0.6) is 0 Å². The molecule has 2 heterocycles. The maximum absolute atomic E-state index is 14.8. The van der Waals surface area contributed by atoms with E-state index in [1.807, 2.05) is 18.2 Å². The van der Waals surface area contributed by atoms with Crippen LogP contribution >= 0.6 is 21.6 Å². The summed E-state index contributed by atoms with van der Waals surface area (Å²) in [5, 5.41) is 52.8. The number of carbonyl (C=O) groups is 8. The Bertz CT molecular complexity index is 2580. The summed E-state index contributed by atoms with van der Waals surface area (Å²) in [7, 11) is 1.90. The maximum atomic E-state index is 14.8. The number of fused-ring (bicyclic) bond motifs is 1. The molecule has 76 heavy (non-hydrogen) atoms. The number of unbranched alkanes of at least 4 members (excludes halogenated alkanes) is 1. The van der Waals surface area contributed by atoms with E-state index in [0.717, 1.165) is 39.4 Å². The van der Waals surface area contributed by atoms with Gasteiger partial charge >= 0.3 is 0 Å². The zero-order valence-corrected chi connectivity index (χ0v) is 44.1. The number of hydrogen-bond donors (Lipinski definition) is 13. The molecule has 5 rings (SSSR count). The fraction of sp³-hybridized carbons (Fsp3) is 0.462. The molecular weight excluding hydrogens is 1020 g/mol. The van der Waals surface area contributed by atoms with E-state index in [9.17, 15) is 58.1 Å². The fourth-order valence-corrected chi connectivity index (χ4v) is 10.4. The molecule has 8 amide bonds. The molecule has 24 heteroatoms. The van der Waals surface area contributed by atoms with Gasteiger partial charge in [0.25, 0.3) is 5.91 Å². The van der Waals surface area contributed by atoms with Crippen LogP contribution in [0.4, 0.5) is 4.39 Å². The minimum absolute atomic E-state index is 0.0000516. The summed E-state index contributed by atoms with van der Waals surface area (Å²) >= 11 is 0. The predicted octanol–water partition coefficient (Wildman–Crippen LogP) is -0.290. The lowest BCUT2D eigenvalue weighted by Gasteiger charge is -2.29. The van der Waals surface area contributed by atoms with E-state index in [2.05, 4.69) is 47.5 Å². The quantitative estimate of drug-likeness (QED) is 0.0424. The molecule has 1 fully saturated rings. The molecule has 0 radical (unpaired) electrons. The molecule has 14 N–H and O–H groups in total. The first-order valence-electron chi connectivity index (χ1n) is 25.0. The monoisotopic (exact) mass is 1090 g/mol. The summed E-state index contributed by atoms with van der Waals surface area (Å²) in [6.45, 7) is 3.11. The molecule has 1 aromatic heterocycles. The van der Waals surface area contributed by atoms with Crippen LogP contribution in [0.3, 0.4) is 0 Å². The minimum Gasteiger partial charge on any atom is -0.394 e. The molecule has 3 aromatic carbocycles. The maximum Gasteiger partial charge on any atom is 0.254 e. The van der Waals surface area contributed by atoms with E-state index in [-0.39, 0.29) is 43.7 Å². The molecule has 0 spiro atoms. The van der Waals surface area contributed by atoms with Gasteiger partial charge in [0, 0.05) is 47.9 Å². The molecule has 0 bridgehead atoms. The van der Waals surface area contributed by atoms with Gasteiger partial charge in [-0.1, -0.05) is 100 Å². The molecule has 412 valence electrons. The van der Waals surface area contributed by atoms with Gasteiger partial charge in [0.1, 0.15) is 42.3 Å². The number of nitrogens with one attached hydrogen (secondary N) is 9. The van der Waals surface area contributed by atoms with Gasteiger partial charge in [0.05, 0.1) is 24.9 Å². The number of alkyl halides is 1. The lowest BCUT2D eigenvalue weighted by molar-refractivity contribution is -0.136. The van der Waals surface area contributed by atoms with Gasteiger partial charge in [-0.2, -0.15) is 0 Å². The van der Waals surface area contributed by atoms with Crippen molar-refractivity contribution in [2.75, 3.05) is 24.7 Å². The molecule has 1 aliphatic rings. The van der Waals surface area contributed by atoms with Gasteiger partial charge in [-0.25, -0.2) is 4.39 Å². The molecule has 1 saturated heterocycles. The van der Waals surface area contributed by atoms with Crippen LogP contribution in [0.25, 0.3) is 10.9 Å². The van der Waals surface area contributed by atoms with Crippen LogP contribution in [-0.2, 0) is 57.6 Å². The third-order valence-electron chi connectivity index (χ3n) is 12.5. The van der Waals surface area contributed by atoms with Crippen LogP contribution in [-0.4, -0.2) is 159 Å². The Hall–Kier alpha value is -6.57. The summed E-state index contributed by atoms with van der Waals surface area (Å²) in [6, 6.07) is 13.0. The molecular formula is C52H69FN10O11S2. The second-order valence-electron chi connectivity index (χ2n) is 18.5. The van der Waals surface area contributed by atoms with E-state index < -0.39 is 121 Å². The molecule has 11 atom stereocenters. The fourth-order valence-electron chi connectivity index (χ4n) is 8.11. The van der Waals surface area contributed by atoms with Gasteiger partial charge in [-0.05, 0) is 69.3 Å². The number of H-pyrrole nitrogens is 1. The summed E-state index contributed by atoms with van der Waals surface area (Å²) in [4.78, 5) is 117. The lowest BCUT2D eigenvalue weighted by Crippen LogP contribution is -2.62. The largest absolute Gasteiger partial charge is 0.394 e. The average Bonchev–Trinajstić information content (AvgIpc) is 3.81. The predicted molar refractivity (Wildman–Crippen MR) is 287 cm³/mol. The Balaban J connectivity index is 1.60. The first-order valence-corrected chi connectivity index (χ1v) is 27.5. The van der Waals surface area contributed by atoms with Crippen molar-refractivity contribution in [3.05, 3.63) is 108 Å². The van der Waals surface area contributed by atoms with Crippen molar-refractivity contribution in [2.24, 2.45) is 5.73 Å². The summed E-state index contributed by atoms with van der Waals surface area (Å²) in [5.41, 5.74) is 8.33. The summed E-state index contributed by atoms with van der Waals surface area (Å²) < 4.78 is 14.3. The Morgan fingerprint density at radius 1 is 0.697 bits per heavy atom. The molecule has 1 aliphatic heterocycles. The number of hydrogen-bond acceptors (Lipinski definition) is 14. The van der Waals surface area contributed by atoms with Gasteiger partial charge in [0.15, 0.2) is 6.17 Å². The van der Waals surface area contributed by atoms with Crippen molar-refractivity contribution in [1.29, 1.82) is 0 Å². The van der Waals surface area contributed by atoms with Gasteiger partial charge in [-0.15, -0.1) is 0 Å². The number of aromatic nitrogens is 1. The second kappa shape index (κ2) is 30.2. The zero-order valence-electron chi connectivity index (χ0n) is 42.5. The summed E-state index contributed by atoms with van der Waals surface area (Å²) in [6.07, 6.45) is -2.74. The molecule has 4 aromatic rings. The Morgan fingerprint density at radius 3 is 1.92 bits per heavy atom. The summed E-state index contributed by atoms with van der Waals surface area (Å²) in [5.74, 6) is -7.88. The van der Waals surface area contributed by atoms with Crippen LogP contribution in [0.2, 0.25) is 0 Å². The Labute approximate surface area is 447 Å². The highest BCUT2D eigenvalue weighted by atomic mass is 33.1. The Morgan fingerprint density at radius 2 is 1.29 bits per heavy atom. The van der Waals surface area contributed by atoms with E-state index in [0.29, 0.717) is 29.5 Å². The lowest BCUT2D eigenvalue weighted by atomic mass is 10.0. The van der Waals surface area contributed by atoms with E-state index in [1.54, 1.807) is 72.9 Å². The number of aromatic amines is 1. The third kappa shape index (κ3) is 18.3. The van der Waals surface area contributed by atoms with Crippen molar-refractivity contribution in [2.45, 2.75) is 126 Å². The molecule has 0 saturated carbocycles. The SMILES string of the molecule is CC(F)C(=O)N[C@H](Cc1ccccc1)C(=O)NC1CSSCC(C(=O)NC(CO)C(C)O)NC(=O)[C@H]([C@@H](C)O)NC(=O)[C@H](CCCCN)NC(=O)C(Cc2c[nH]c3ccccc23)NC(=O)[C@H](Cc2ccccc2)NC1=O. The highest BCUT2D eigenvalue weighted by Crippen LogP contribution is 2.24. The number of para-hydroxylation sites is 1. The van der Waals surface area contributed by atoms with Crippen molar-refractivity contribution >= 4 is 79.7 Å². The van der Waals surface area contributed by atoms with Crippen molar-refractivity contribution in [3.63, 3.8) is 0 Å². The number of aliphatic hydroxyl groups is 3. The van der Waals surface area contributed by atoms with E-state index >= 15 is 0 Å². The van der Waals surface area contributed by atoms with Crippen LogP contribution < -0.4 is 48.3 Å². The zero-order chi connectivity index (χ0) is 55.3. The van der Waals surface area contributed by atoms with E-state index in [1.165, 1.54) is 13.8 Å². The smallest absolute Gasteiger partial charge is 0.254 e. The van der Waals surface area contributed by atoms with Crippen LogP contribution in [0.1, 0.15) is 56.7 Å². The van der Waals surface area contributed by atoms with Crippen LogP contribution in [0, 0.1) is 0 Å². The van der Waals surface area contributed by atoms with Gasteiger partial charge in [0.2, 0.25) is 41.4 Å². The Kier molecular flexibility index (Phi) is 24.0. The minimum atomic E-state index is -2.00. The van der Waals surface area contributed by atoms with Gasteiger partial charge < -0.3 is 68.6 Å². The van der Waals surface area contributed by atoms with Crippen molar-refractivity contribution in [3.8, 4) is 0 Å². The molecule has 0 aliphatic carbocycles. The molecule has 6 unspecified atom stereocenters. The number of aliphatic hydroxyl groups excluding tert-OH is 3. The number of amides is 8. The number of rotatable bonds is 19.